The molecule has 3 aliphatic rings. The molecular weight excluding hydrogens is 412 g/mol. The van der Waals surface area contributed by atoms with Crippen molar-refractivity contribution in [1.82, 2.24) is 4.31 Å². The maximum Gasteiger partial charge on any atom is 0.243 e. The number of allylic oxidation sites excluding steroid dienone is 2. The Bertz CT molecular complexity index is 1120. The molecular formula is C24H28N2O4S. The van der Waals surface area contributed by atoms with Gasteiger partial charge in [0.25, 0.3) is 0 Å². The Labute approximate surface area is 183 Å². The number of aromatic hydroxyl groups is 2. The van der Waals surface area contributed by atoms with Gasteiger partial charge in [-0.15, -0.1) is 0 Å². The second kappa shape index (κ2) is 7.88. The Balaban J connectivity index is 1.51. The highest BCUT2D eigenvalue weighted by Gasteiger charge is 2.39. The van der Waals surface area contributed by atoms with Gasteiger partial charge in [-0.05, 0) is 61.1 Å². The zero-order chi connectivity index (χ0) is 21.6. The quantitative estimate of drug-likeness (QED) is 0.612. The molecule has 0 bridgehead atoms. The van der Waals surface area contributed by atoms with E-state index in [-0.39, 0.29) is 29.4 Å². The summed E-state index contributed by atoms with van der Waals surface area (Å²) in [6.45, 7) is 1.18. The van der Waals surface area contributed by atoms with E-state index in [0.717, 1.165) is 48.9 Å². The van der Waals surface area contributed by atoms with Crippen LogP contribution in [0.5, 0.6) is 11.5 Å². The molecule has 3 unspecified atom stereocenters. The average molecular weight is 441 g/mol. The minimum absolute atomic E-state index is 0.0296. The van der Waals surface area contributed by atoms with Crippen molar-refractivity contribution in [3.63, 3.8) is 0 Å². The molecule has 31 heavy (non-hydrogen) atoms. The summed E-state index contributed by atoms with van der Waals surface area (Å²) in [5.41, 5.74) is 2.62. The molecule has 2 aromatic rings. The van der Waals surface area contributed by atoms with E-state index < -0.39 is 10.0 Å². The summed E-state index contributed by atoms with van der Waals surface area (Å²) >= 11 is 0. The van der Waals surface area contributed by atoms with Crippen LogP contribution < -0.4 is 5.32 Å². The van der Waals surface area contributed by atoms with Gasteiger partial charge in [0.15, 0.2) is 0 Å². The van der Waals surface area contributed by atoms with Gasteiger partial charge in [-0.3, -0.25) is 0 Å². The van der Waals surface area contributed by atoms with Crippen molar-refractivity contribution in [1.29, 1.82) is 0 Å². The minimum atomic E-state index is -3.51. The van der Waals surface area contributed by atoms with E-state index in [4.69, 9.17) is 0 Å². The molecule has 0 spiro atoms. The SMILES string of the molecule is O=S(=O)(c1ccc2c(c1)C1C=CCC1C(c1ccc(O)cc1O)N2)N1CCCCCC1. The lowest BCUT2D eigenvalue weighted by Gasteiger charge is -2.38. The summed E-state index contributed by atoms with van der Waals surface area (Å²) in [6, 6.07) is 9.96. The molecule has 1 fully saturated rings. The highest BCUT2D eigenvalue weighted by Crippen LogP contribution is 2.51. The van der Waals surface area contributed by atoms with Crippen molar-refractivity contribution >= 4 is 15.7 Å². The van der Waals surface area contributed by atoms with E-state index in [2.05, 4.69) is 17.5 Å². The molecule has 2 heterocycles. The first-order valence-electron chi connectivity index (χ1n) is 11.0. The van der Waals surface area contributed by atoms with E-state index in [0.29, 0.717) is 18.0 Å². The van der Waals surface area contributed by atoms with Gasteiger partial charge >= 0.3 is 0 Å². The van der Waals surface area contributed by atoms with E-state index in [1.807, 2.05) is 12.1 Å². The Morgan fingerprint density at radius 3 is 2.45 bits per heavy atom. The van der Waals surface area contributed by atoms with Crippen molar-refractivity contribution in [2.45, 2.75) is 49.0 Å². The minimum Gasteiger partial charge on any atom is -0.508 e. The molecule has 1 saturated heterocycles. The number of sulfonamides is 1. The van der Waals surface area contributed by atoms with Crippen molar-refractivity contribution in [2.24, 2.45) is 5.92 Å². The lowest BCUT2D eigenvalue weighted by atomic mass is 9.77. The lowest BCUT2D eigenvalue weighted by Crippen LogP contribution is -2.33. The van der Waals surface area contributed by atoms with Crippen LogP contribution in [0, 0.1) is 5.92 Å². The normalized spacial score (nSPS) is 26.0. The standard InChI is InChI=1S/C24H28N2O4S/c27-16-8-10-20(23(28)14-16)24-19-7-5-6-18(19)21-15-17(9-11-22(21)25-24)31(29,30)26-12-3-1-2-4-13-26/h5-6,8-11,14-15,18-19,24-25,27-28H,1-4,7,12-13H2. The lowest BCUT2D eigenvalue weighted by molar-refractivity contribution is 0.397. The largest absolute Gasteiger partial charge is 0.508 e. The first kappa shape index (κ1) is 20.4. The van der Waals surface area contributed by atoms with Crippen molar-refractivity contribution in [3.05, 3.63) is 59.7 Å². The van der Waals surface area contributed by atoms with Gasteiger partial charge in [-0.1, -0.05) is 25.0 Å². The second-order valence-corrected chi connectivity index (χ2v) is 10.7. The molecule has 3 N–H and O–H groups in total. The molecule has 7 heteroatoms. The number of hydrogen-bond donors (Lipinski definition) is 3. The van der Waals surface area contributed by atoms with Crippen LogP contribution in [0.1, 0.15) is 55.2 Å². The molecule has 3 atom stereocenters. The number of phenolic OH excluding ortho intramolecular Hbond substituents is 2. The molecule has 2 aliphatic heterocycles. The fraction of sp³-hybridized carbons (Fsp3) is 0.417. The zero-order valence-corrected chi connectivity index (χ0v) is 18.2. The smallest absolute Gasteiger partial charge is 0.243 e. The summed E-state index contributed by atoms with van der Waals surface area (Å²) in [4.78, 5) is 0.361. The van der Waals surface area contributed by atoms with Crippen molar-refractivity contribution in [3.8, 4) is 11.5 Å². The summed E-state index contributed by atoms with van der Waals surface area (Å²) < 4.78 is 28.3. The van der Waals surface area contributed by atoms with Crippen LogP contribution in [0.25, 0.3) is 0 Å². The predicted molar refractivity (Wildman–Crippen MR) is 120 cm³/mol. The average Bonchev–Trinajstić information content (AvgIpc) is 3.08. The Morgan fingerprint density at radius 1 is 0.935 bits per heavy atom. The van der Waals surface area contributed by atoms with Crippen LogP contribution in [-0.4, -0.2) is 36.0 Å². The molecule has 164 valence electrons. The van der Waals surface area contributed by atoms with Gasteiger partial charge in [0, 0.05) is 36.3 Å². The molecule has 2 aromatic carbocycles. The molecule has 0 saturated carbocycles. The van der Waals surface area contributed by atoms with E-state index in [1.54, 1.807) is 22.5 Å². The fourth-order valence-electron chi connectivity index (χ4n) is 5.27. The van der Waals surface area contributed by atoms with Gasteiger partial charge in [-0.25, -0.2) is 8.42 Å². The number of hydrogen-bond acceptors (Lipinski definition) is 5. The molecule has 1 aliphatic carbocycles. The van der Waals surface area contributed by atoms with Gasteiger partial charge < -0.3 is 15.5 Å². The molecule has 6 nitrogen and oxygen atoms in total. The summed E-state index contributed by atoms with van der Waals surface area (Å²) in [5, 5.41) is 23.6. The molecule has 0 radical (unpaired) electrons. The molecule has 0 aromatic heterocycles. The van der Waals surface area contributed by atoms with E-state index >= 15 is 0 Å². The van der Waals surface area contributed by atoms with Crippen molar-refractivity contribution < 1.29 is 18.6 Å². The second-order valence-electron chi connectivity index (χ2n) is 8.79. The van der Waals surface area contributed by atoms with Crippen molar-refractivity contribution in [2.75, 3.05) is 18.4 Å². The topological polar surface area (TPSA) is 89.9 Å². The highest BCUT2D eigenvalue weighted by atomic mass is 32.2. The number of anilines is 1. The predicted octanol–water partition coefficient (Wildman–Crippen LogP) is 4.49. The first-order valence-corrected chi connectivity index (χ1v) is 12.5. The van der Waals surface area contributed by atoms with E-state index in [1.165, 1.54) is 6.07 Å². The Morgan fingerprint density at radius 2 is 1.71 bits per heavy atom. The number of rotatable bonds is 3. The third kappa shape index (κ3) is 3.59. The monoisotopic (exact) mass is 440 g/mol. The fourth-order valence-corrected chi connectivity index (χ4v) is 6.82. The molecule has 5 rings (SSSR count). The first-order chi connectivity index (χ1) is 14.9. The Kier molecular flexibility index (Phi) is 5.18. The number of fused-ring (bicyclic) bond motifs is 3. The van der Waals surface area contributed by atoms with Crippen LogP contribution in [0.2, 0.25) is 0 Å². The number of nitrogens with zero attached hydrogens (tertiary/aromatic N) is 1. The zero-order valence-electron chi connectivity index (χ0n) is 17.4. The van der Waals surface area contributed by atoms with Crippen LogP contribution in [0.15, 0.2) is 53.4 Å². The third-order valence-corrected chi connectivity index (χ3v) is 8.78. The van der Waals surface area contributed by atoms with E-state index in [9.17, 15) is 18.6 Å². The number of benzene rings is 2. The van der Waals surface area contributed by atoms with Gasteiger partial charge in [-0.2, -0.15) is 4.31 Å². The highest BCUT2D eigenvalue weighted by molar-refractivity contribution is 7.89. The van der Waals surface area contributed by atoms with Crippen LogP contribution in [0.4, 0.5) is 5.69 Å². The maximum absolute atomic E-state index is 13.3. The Hall–Kier alpha value is -2.51. The van der Waals surface area contributed by atoms with Gasteiger partial charge in [0.2, 0.25) is 10.0 Å². The van der Waals surface area contributed by atoms with Crippen LogP contribution in [0.3, 0.4) is 0 Å². The summed E-state index contributed by atoms with van der Waals surface area (Å²) in [6.07, 6.45) is 9.11. The summed E-state index contributed by atoms with van der Waals surface area (Å²) in [5.74, 6) is 0.335. The third-order valence-electron chi connectivity index (χ3n) is 6.89. The number of phenols is 2. The van der Waals surface area contributed by atoms with Gasteiger partial charge in [0.1, 0.15) is 11.5 Å². The maximum atomic E-state index is 13.3. The van der Waals surface area contributed by atoms with Crippen LogP contribution >= 0.6 is 0 Å². The summed E-state index contributed by atoms with van der Waals surface area (Å²) in [7, 11) is -3.51. The van der Waals surface area contributed by atoms with Crippen LogP contribution in [-0.2, 0) is 10.0 Å². The molecule has 0 amide bonds. The van der Waals surface area contributed by atoms with Gasteiger partial charge in [0.05, 0.1) is 10.9 Å². The number of nitrogens with one attached hydrogen (secondary N) is 1.